The van der Waals surface area contributed by atoms with Crippen molar-refractivity contribution in [1.82, 2.24) is 24.7 Å². The first-order valence-corrected chi connectivity index (χ1v) is 10.9. The van der Waals surface area contributed by atoms with E-state index in [4.69, 9.17) is 14.0 Å². The topological polar surface area (TPSA) is 117 Å². The van der Waals surface area contributed by atoms with E-state index in [0.29, 0.717) is 48.5 Å². The predicted octanol–water partition coefficient (Wildman–Crippen LogP) is 3.25. The van der Waals surface area contributed by atoms with Crippen LogP contribution in [0.2, 0.25) is 0 Å². The van der Waals surface area contributed by atoms with Crippen LogP contribution in [-0.2, 0) is 11.3 Å². The molecule has 0 atom stereocenters. The predicted molar refractivity (Wildman–Crippen MR) is 127 cm³/mol. The molecular formula is C24H26N6O4. The zero-order chi connectivity index (χ0) is 23.9. The van der Waals surface area contributed by atoms with Gasteiger partial charge in [0.05, 0.1) is 18.7 Å². The maximum Gasteiger partial charge on any atom is 0.261 e. The molecule has 4 aromatic rings. The summed E-state index contributed by atoms with van der Waals surface area (Å²) < 4.78 is 17.7. The van der Waals surface area contributed by atoms with Crippen molar-refractivity contribution in [3.63, 3.8) is 0 Å². The Bertz CT molecular complexity index is 1280. The van der Waals surface area contributed by atoms with E-state index in [2.05, 4.69) is 25.4 Å². The lowest BCUT2D eigenvalue weighted by atomic mass is 10.2. The largest absolute Gasteiger partial charge is 0.491 e. The molecule has 10 heteroatoms. The van der Waals surface area contributed by atoms with Gasteiger partial charge in [-0.05, 0) is 37.6 Å². The molecule has 0 fully saturated rings. The Morgan fingerprint density at radius 3 is 2.68 bits per heavy atom. The van der Waals surface area contributed by atoms with Crippen LogP contribution >= 0.6 is 0 Å². The first kappa shape index (κ1) is 23.1. The van der Waals surface area contributed by atoms with E-state index < -0.39 is 0 Å². The fourth-order valence-corrected chi connectivity index (χ4v) is 3.19. The maximum absolute atomic E-state index is 12.5. The molecule has 1 N–H and O–H groups in total. The molecule has 0 bridgehead atoms. The van der Waals surface area contributed by atoms with Gasteiger partial charge in [-0.2, -0.15) is 4.98 Å². The molecule has 0 saturated heterocycles. The maximum atomic E-state index is 12.5. The Morgan fingerprint density at radius 1 is 1.09 bits per heavy atom. The highest BCUT2D eigenvalue weighted by atomic mass is 16.5. The summed E-state index contributed by atoms with van der Waals surface area (Å²) >= 11 is 0. The normalized spacial score (nSPS) is 11.1. The van der Waals surface area contributed by atoms with E-state index in [0.717, 1.165) is 11.3 Å². The number of anilines is 1. The fourth-order valence-electron chi connectivity index (χ4n) is 3.19. The van der Waals surface area contributed by atoms with Gasteiger partial charge in [-0.1, -0.05) is 17.3 Å². The second kappa shape index (κ2) is 10.7. The van der Waals surface area contributed by atoms with Crippen LogP contribution in [0.5, 0.6) is 5.75 Å². The van der Waals surface area contributed by atoms with Gasteiger partial charge in [-0.15, -0.1) is 0 Å². The number of nitrogens with zero attached hydrogens (tertiary/aromatic N) is 5. The number of pyridine rings is 1. The van der Waals surface area contributed by atoms with Crippen LogP contribution in [0.15, 0.2) is 64.3 Å². The molecule has 0 unspecified atom stereocenters. The highest BCUT2D eigenvalue weighted by Gasteiger charge is 2.13. The quantitative estimate of drug-likeness (QED) is 0.354. The molecule has 0 amide bonds. The summed E-state index contributed by atoms with van der Waals surface area (Å²) in [6.45, 7) is 5.35. The van der Waals surface area contributed by atoms with E-state index >= 15 is 0 Å². The van der Waals surface area contributed by atoms with Gasteiger partial charge in [0.15, 0.2) is 0 Å². The molecule has 0 aliphatic heterocycles. The first-order valence-electron chi connectivity index (χ1n) is 10.9. The summed E-state index contributed by atoms with van der Waals surface area (Å²) in [5.41, 5.74) is 2.04. The summed E-state index contributed by atoms with van der Waals surface area (Å²) in [6, 6.07) is 11.0. The van der Waals surface area contributed by atoms with Gasteiger partial charge in [0.2, 0.25) is 11.8 Å². The third kappa shape index (κ3) is 5.84. The average molecular weight is 463 g/mol. The lowest BCUT2D eigenvalue weighted by molar-refractivity contribution is 0.146. The molecule has 10 nitrogen and oxygen atoms in total. The van der Waals surface area contributed by atoms with Crippen LogP contribution in [0, 0.1) is 0 Å². The molecule has 0 saturated carbocycles. The Hall–Kier alpha value is -4.05. The minimum atomic E-state index is -0.139. The SMILES string of the molecule is COCCOc1cccc(Cn2cc(-c3noc(-c4cnc(NC(C)C)nc4)n3)ccc2=O)c1. The highest BCUT2D eigenvalue weighted by molar-refractivity contribution is 5.58. The molecule has 4 rings (SSSR count). The van der Waals surface area contributed by atoms with E-state index in [1.165, 1.54) is 6.07 Å². The van der Waals surface area contributed by atoms with E-state index in [-0.39, 0.29) is 11.6 Å². The molecule has 34 heavy (non-hydrogen) atoms. The van der Waals surface area contributed by atoms with Crippen molar-refractivity contribution in [2.24, 2.45) is 0 Å². The lowest BCUT2D eigenvalue weighted by Gasteiger charge is -2.10. The summed E-state index contributed by atoms with van der Waals surface area (Å²) in [5, 5.41) is 7.19. The average Bonchev–Trinajstić information content (AvgIpc) is 3.31. The van der Waals surface area contributed by atoms with Gasteiger partial charge in [0, 0.05) is 43.4 Å². The van der Waals surface area contributed by atoms with Crippen LogP contribution in [0.4, 0.5) is 5.95 Å². The highest BCUT2D eigenvalue weighted by Crippen LogP contribution is 2.21. The van der Waals surface area contributed by atoms with Crippen molar-refractivity contribution in [3.8, 4) is 28.6 Å². The third-order valence-corrected chi connectivity index (χ3v) is 4.79. The minimum absolute atomic E-state index is 0.139. The van der Waals surface area contributed by atoms with E-state index in [1.807, 2.05) is 38.1 Å². The number of methoxy groups -OCH3 is 1. The van der Waals surface area contributed by atoms with Crippen LogP contribution in [0.25, 0.3) is 22.8 Å². The van der Waals surface area contributed by atoms with Gasteiger partial charge >= 0.3 is 0 Å². The summed E-state index contributed by atoms with van der Waals surface area (Å²) in [4.78, 5) is 25.5. The standard InChI is InChI=1S/C24H26N6O4/c1-16(2)27-24-25-12-19(13-26-24)23-28-22(29-34-23)18-7-8-21(31)30(15-18)14-17-5-4-6-20(11-17)33-10-9-32-3/h4-8,11-13,15-16H,9-10,14H2,1-3H3,(H,25,26,27). The van der Waals surface area contributed by atoms with E-state index in [9.17, 15) is 4.79 Å². The monoisotopic (exact) mass is 462 g/mol. The zero-order valence-corrected chi connectivity index (χ0v) is 19.3. The second-order valence-electron chi connectivity index (χ2n) is 7.89. The van der Waals surface area contributed by atoms with Gasteiger partial charge in [0.1, 0.15) is 12.4 Å². The zero-order valence-electron chi connectivity index (χ0n) is 19.3. The summed E-state index contributed by atoms with van der Waals surface area (Å²) in [6.07, 6.45) is 4.96. The Labute approximate surface area is 196 Å². The smallest absolute Gasteiger partial charge is 0.261 e. The summed E-state index contributed by atoms with van der Waals surface area (Å²) in [5.74, 6) is 1.91. The molecular weight excluding hydrogens is 436 g/mol. The fraction of sp³-hybridized carbons (Fsp3) is 0.292. The number of ether oxygens (including phenoxy) is 2. The number of aromatic nitrogens is 5. The second-order valence-corrected chi connectivity index (χ2v) is 7.89. The first-order chi connectivity index (χ1) is 16.5. The molecule has 1 aromatic carbocycles. The van der Waals surface area contributed by atoms with Crippen LogP contribution in [-0.4, -0.2) is 51.0 Å². The number of benzene rings is 1. The molecule has 0 radical (unpaired) electrons. The van der Waals surface area contributed by atoms with Crippen molar-refractivity contribution in [3.05, 3.63) is 70.9 Å². The molecule has 3 aromatic heterocycles. The Morgan fingerprint density at radius 2 is 1.91 bits per heavy atom. The van der Waals surface area contributed by atoms with Crippen LogP contribution in [0.3, 0.4) is 0 Å². The third-order valence-electron chi connectivity index (χ3n) is 4.79. The lowest BCUT2D eigenvalue weighted by Crippen LogP contribution is -2.19. The van der Waals surface area contributed by atoms with Crippen molar-refractivity contribution in [2.45, 2.75) is 26.4 Å². The number of hydrogen-bond donors (Lipinski definition) is 1. The van der Waals surface area contributed by atoms with Crippen molar-refractivity contribution >= 4 is 5.95 Å². The summed E-state index contributed by atoms with van der Waals surface area (Å²) in [7, 11) is 1.63. The Balaban J connectivity index is 1.51. The Kier molecular flexibility index (Phi) is 7.28. The van der Waals surface area contributed by atoms with Crippen molar-refractivity contribution in [1.29, 1.82) is 0 Å². The van der Waals surface area contributed by atoms with Gasteiger partial charge in [-0.25, -0.2) is 9.97 Å². The molecule has 0 spiro atoms. The van der Waals surface area contributed by atoms with Gasteiger partial charge in [0.25, 0.3) is 11.4 Å². The molecule has 3 heterocycles. The number of rotatable bonds is 10. The molecule has 176 valence electrons. The van der Waals surface area contributed by atoms with Gasteiger partial charge in [-0.3, -0.25) is 4.79 Å². The number of hydrogen-bond acceptors (Lipinski definition) is 9. The molecule has 0 aliphatic rings. The van der Waals surface area contributed by atoms with Gasteiger partial charge < -0.3 is 23.9 Å². The molecule has 0 aliphatic carbocycles. The van der Waals surface area contributed by atoms with Crippen molar-refractivity contribution in [2.75, 3.05) is 25.6 Å². The number of nitrogens with one attached hydrogen (secondary N) is 1. The van der Waals surface area contributed by atoms with E-state index in [1.54, 1.807) is 36.3 Å². The minimum Gasteiger partial charge on any atom is -0.491 e. The van der Waals surface area contributed by atoms with Crippen LogP contribution < -0.4 is 15.6 Å². The van der Waals surface area contributed by atoms with Crippen molar-refractivity contribution < 1.29 is 14.0 Å². The van der Waals surface area contributed by atoms with Crippen LogP contribution in [0.1, 0.15) is 19.4 Å².